The van der Waals surface area contributed by atoms with E-state index in [1.807, 2.05) is 0 Å². The maximum absolute atomic E-state index is 10.1. The van der Waals surface area contributed by atoms with Crippen LogP contribution in [0.2, 0.25) is 0 Å². The maximum Gasteiger partial charge on any atom is 0.312 e. The lowest BCUT2D eigenvalue weighted by atomic mass is 10.4. The van der Waals surface area contributed by atoms with Gasteiger partial charge < -0.3 is 15.6 Å². The highest BCUT2D eigenvalue weighted by Crippen LogP contribution is 1.91. The summed E-state index contributed by atoms with van der Waals surface area (Å²) >= 11 is 0. The van der Waals surface area contributed by atoms with Crippen LogP contribution in [0.4, 0.5) is 4.79 Å². The van der Waals surface area contributed by atoms with Gasteiger partial charge in [-0.25, -0.2) is 4.79 Å². The summed E-state index contributed by atoms with van der Waals surface area (Å²) in [6.07, 6.45) is 1.43. The van der Waals surface area contributed by atoms with Crippen LogP contribution in [-0.2, 0) is 6.54 Å². The second-order valence-electron chi connectivity index (χ2n) is 1.71. The van der Waals surface area contributed by atoms with Gasteiger partial charge in [-0.2, -0.15) is 0 Å². The Kier molecular flexibility index (Phi) is 1.89. The summed E-state index contributed by atoms with van der Waals surface area (Å²) in [6.45, 7) is 0.311. The highest BCUT2D eigenvalue weighted by molar-refractivity contribution is 5.71. The molecule has 0 bridgehead atoms. The quantitative estimate of drug-likeness (QED) is 0.600. The van der Waals surface area contributed by atoms with Crippen LogP contribution in [0.15, 0.2) is 16.9 Å². The predicted molar refractivity (Wildman–Crippen MR) is 32.9 cm³/mol. The second-order valence-corrected chi connectivity index (χ2v) is 1.71. The topological polar surface area (TPSA) is 81.2 Å². The van der Waals surface area contributed by atoms with Crippen LogP contribution in [-0.4, -0.2) is 11.2 Å². The molecule has 0 fully saturated rings. The Morgan fingerprint density at radius 2 is 2.70 bits per heavy atom. The minimum atomic E-state index is -0.567. The van der Waals surface area contributed by atoms with Crippen LogP contribution < -0.4 is 11.1 Å². The molecule has 0 spiro atoms. The Hall–Kier alpha value is -1.52. The average molecular weight is 141 g/mol. The van der Waals surface area contributed by atoms with Gasteiger partial charge in [-0.3, -0.25) is 0 Å². The van der Waals surface area contributed by atoms with Gasteiger partial charge in [-0.15, -0.1) is 0 Å². The van der Waals surface area contributed by atoms with E-state index in [4.69, 9.17) is 5.73 Å². The lowest BCUT2D eigenvalue weighted by Gasteiger charge is -1.94. The molecule has 0 aliphatic heterocycles. The first-order chi connectivity index (χ1) is 4.79. The number of rotatable bonds is 2. The number of urea groups is 1. The third kappa shape index (κ3) is 1.77. The zero-order valence-electron chi connectivity index (χ0n) is 5.20. The van der Waals surface area contributed by atoms with Gasteiger partial charge in [0.05, 0.1) is 6.54 Å². The monoisotopic (exact) mass is 141 g/mol. The first-order valence-corrected chi connectivity index (χ1v) is 2.71. The minimum Gasteiger partial charge on any atom is -0.364 e. The van der Waals surface area contributed by atoms with Gasteiger partial charge in [-0.05, 0) is 0 Å². The molecule has 1 heterocycles. The molecule has 0 saturated carbocycles. The minimum absolute atomic E-state index is 0.311. The van der Waals surface area contributed by atoms with E-state index < -0.39 is 6.03 Å². The summed E-state index contributed by atoms with van der Waals surface area (Å²) in [5, 5.41) is 5.91. The largest absolute Gasteiger partial charge is 0.364 e. The van der Waals surface area contributed by atoms with E-state index in [1.165, 1.54) is 6.26 Å². The van der Waals surface area contributed by atoms with Crippen molar-refractivity contribution in [3.63, 3.8) is 0 Å². The predicted octanol–water partition coefficient (Wildman–Crippen LogP) is -0.157. The van der Waals surface area contributed by atoms with Gasteiger partial charge in [0.2, 0.25) is 0 Å². The van der Waals surface area contributed by atoms with E-state index in [9.17, 15) is 4.79 Å². The molecular weight excluding hydrogens is 134 g/mol. The molecule has 0 saturated heterocycles. The number of aromatic nitrogens is 1. The van der Waals surface area contributed by atoms with Crippen molar-refractivity contribution in [1.82, 2.24) is 10.5 Å². The van der Waals surface area contributed by atoms with Gasteiger partial charge in [0.1, 0.15) is 12.0 Å². The van der Waals surface area contributed by atoms with Crippen molar-refractivity contribution in [2.45, 2.75) is 6.54 Å². The summed E-state index contributed by atoms with van der Waals surface area (Å²) in [5.41, 5.74) is 5.45. The summed E-state index contributed by atoms with van der Waals surface area (Å²) < 4.78 is 4.50. The standard InChI is InChI=1S/C5H7N3O2/c6-5(9)7-3-4-1-2-10-8-4/h1-2H,3H2,(H3,6,7,9). The molecular formula is C5H7N3O2. The Balaban J connectivity index is 2.35. The molecule has 10 heavy (non-hydrogen) atoms. The highest BCUT2D eigenvalue weighted by Gasteiger charge is 1.95. The number of nitrogens with two attached hydrogens (primary N) is 1. The van der Waals surface area contributed by atoms with E-state index in [1.54, 1.807) is 6.07 Å². The van der Waals surface area contributed by atoms with Gasteiger partial charge in [0.15, 0.2) is 0 Å². The van der Waals surface area contributed by atoms with Crippen LogP contribution in [0, 0.1) is 0 Å². The van der Waals surface area contributed by atoms with E-state index in [-0.39, 0.29) is 0 Å². The van der Waals surface area contributed by atoms with Gasteiger partial charge >= 0.3 is 6.03 Å². The molecule has 0 unspecified atom stereocenters. The molecule has 1 aromatic heterocycles. The van der Waals surface area contributed by atoms with Crippen LogP contribution in [0.3, 0.4) is 0 Å². The second kappa shape index (κ2) is 2.86. The molecule has 0 aliphatic rings. The Morgan fingerprint density at radius 1 is 1.90 bits per heavy atom. The number of carbonyl (C=O) groups excluding carboxylic acids is 1. The molecule has 1 rings (SSSR count). The fourth-order valence-corrected chi connectivity index (χ4v) is 0.506. The molecule has 54 valence electrons. The van der Waals surface area contributed by atoms with E-state index >= 15 is 0 Å². The van der Waals surface area contributed by atoms with Crippen LogP contribution in [0.5, 0.6) is 0 Å². The van der Waals surface area contributed by atoms with Crippen LogP contribution in [0.25, 0.3) is 0 Å². The van der Waals surface area contributed by atoms with Crippen LogP contribution in [0.1, 0.15) is 5.69 Å². The average Bonchev–Trinajstić information content (AvgIpc) is 2.34. The first kappa shape index (κ1) is 6.60. The number of primary amides is 1. The number of nitrogens with one attached hydrogen (secondary N) is 1. The smallest absolute Gasteiger partial charge is 0.312 e. The maximum atomic E-state index is 10.1. The molecule has 2 amide bonds. The van der Waals surface area contributed by atoms with E-state index in [0.29, 0.717) is 12.2 Å². The van der Waals surface area contributed by atoms with Crippen molar-refractivity contribution >= 4 is 6.03 Å². The zero-order chi connectivity index (χ0) is 7.40. The van der Waals surface area contributed by atoms with Crippen molar-refractivity contribution in [2.75, 3.05) is 0 Å². The molecule has 0 atom stereocenters. The Bertz CT molecular complexity index is 207. The number of nitrogens with zero attached hydrogens (tertiary/aromatic N) is 1. The van der Waals surface area contributed by atoms with Gasteiger partial charge in [0.25, 0.3) is 0 Å². The molecule has 0 aromatic carbocycles. The highest BCUT2D eigenvalue weighted by atomic mass is 16.5. The normalized spacial score (nSPS) is 9.20. The van der Waals surface area contributed by atoms with Crippen LogP contribution >= 0.6 is 0 Å². The van der Waals surface area contributed by atoms with Crippen molar-refractivity contribution in [3.8, 4) is 0 Å². The third-order valence-electron chi connectivity index (χ3n) is 0.935. The number of hydrogen-bond acceptors (Lipinski definition) is 3. The van der Waals surface area contributed by atoms with Crippen molar-refractivity contribution < 1.29 is 9.32 Å². The van der Waals surface area contributed by atoms with Gasteiger partial charge in [0, 0.05) is 6.07 Å². The lowest BCUT2D eigenvalue weighted by molar-refractivity contribution is 0.248. The molecule has 5 heteroatoms. The summed E-state index contributed by atoms with van der Waals surface area (Å²) in [6, 6.07) is 1.08. The van der Waals surface area contributed by atoms with Crippen molar-refractivity contribution in [3.05, 3.63) is 18.0 Å². The molecule has 0 radical (unpaired) electrons. The van der Waals surface area contributed by atoms with E-state index in [2.05, 4.69) is 15.0 Å². The molecule has 5 nitrogen and oxygen atoms in total. The fourth-order valence-electron chi connectivity index (χ4n) is 0.506. The Labute approximate surface area is 57.2 Å². The zero-order valence-corrected chi connectivity index (χ0v) is 5.20. The molecule has 1 aromatic rings. The lowest BCUT2D eigenvalue weighted by Crippen LogP contribution is -2.28. The molecule has 0 aliphatic carbocycles. The summed E-state index contributed by atoms with van der Waals surface area (Å²) in [7, 11) is 0. The Morgan fingerprint density at radius 3 is 3.20 bits per heavy atom. The molecule has 3 N–H and O–H groups in total. The van der Waals surface area contributed by atoms with Crippen molar-refractivity contribution in [1.29, 1.82) is 0 Å². The van der Waals surface area contributed by atoms with E-state index in [0.717, 1.165) is 0 Å². The summed E-state index contributed by atoms with van der Waals surface area (Å²) in [5.74, 6) is 0. The third-order valence-corrected chi connectivity index (χ3v) is 0.935. The van der Waals surface area contributed by atoms with Gasteiger partial charge in [-0.1, -0.05) is 5.16 Å². The number of carbonyl (C=O) groups is 1. The van der Waals surface area contributed by atoms with Crippen molar-refractivity contribution in [2.24, 2.45) is 5.73 Å². The first-order valence-electron chi connectivity index (χ1n) is 2.71. The number of amides is 2. The number of hydrogen-bond donors (Lipinski definition) is 2. The SMILES string of the molecule is NC(=O)NCc1ccon1. The fraction of sp³-hybridized carbons (Fsp3) is 0.200. The summed E-state index contributed by atoms with van der Waals surface area (Å²) in [4.78, 5) is 10.1.